The number of benzene rings is 2. The van der Waals surface area contributed by atoms with E-state index in [-0.39, 0.29) is 4.90 Å². The van der Waals surface area contributed by atoms with Crippen LogP contribution in [0.4, 0.5) is 5.69 Å². The van der Waals surface area contributed by atoms with Gasteiger partial charge in [0.1, 0.15) is 17.8 Å². The van der Waals surface area contributed by atoms with Crippen LogP contribution in [0.3, 0.4) is 0 Å². The largest absolute Gasteiger partial charge is 0.496 e. The van der Waals surface area contributed by atoms with Crippen molar-refractivity contribution in [2.24, 2.45) is 0 Å². The van der Waals surface area contributed by atoms with E-state index >= 15 is 0 Å². The Kier molecular flexibility index (Phi) is 6.01. The zero-order valence-corrected chi connectivity index (χ0v) is 19.4. The first-order chi connectivity index (χ1) is 15.8. The van der Waals surface area contributed by atoms with Gasteiger partial charge in [-0.1, -0.05) is 0 Å². The minimum absolute atomic E-state index is 0.153. The van der Waals surface area contributed by atoms with Crippen LogP contribution >= 0.6 is 0 Å². The van der Waals surface area contributed by atoms with Crippen LogP contribution in [0.1, 0.15) is 17.0 Å². The molecule has 0 radical (unpaired) electrons. The maximum Gasteiger partial charge on any atom is 0.261 e. The van der Waals surface area contributed by atoms with Crippen LogP contribution in [0.15, 0.2) is 65.8 Å². The molecule has 33 heavy (non-hydrogen) atoms. The zero-order valence-electron chi connectivity index (χ0n) is 18.6. The predicted octanol–water partition coefficient (Wildman–Crippen LogP) is 4.19. The summed E-state index contributed by atoms with van der Waals surface area (Å²) in [6.07, 6.45) is 1.70. The van der Waals surface area contributed by atoms with Gasteiger partial charge in [-0.25, -0.2) is 13.4 Å². The van der Waals surface area contributed by atoms with Gasteiger partial charge in [-0.05, 0) is 74.9 Å². The smallest absolute Gasteiger partial charge is 0.261 e. The number of nitrogens with one attached hydrogen (secondary N) is 1. The number of nitrogens with zero attached hydrogens (tertiary/aromatic N) is 4. The predicted molar refractivity (Wildman–Crippen MR) is 124 cm³/mol. The van der Waals surface area contributed by atoms with E-state index in [0.717, 1.165) is 17.0 Å². The van der Waals surface area contributed by atoms with Crippen molar-refractivity contribution in [1.82, 2.24) is 19.7 Å². The molecular formula is C23H23N5O4S. The van der Waals surface area contributed by atoms with Gasteiger partial charge in [-0.2, -0.15) is 0 Å². The summed E-state index contributed by atoms with van der Waals surface area (Å²) in [5.74, 6) is 2.08. The van der Waals surface area contributed by atoms with Crippen LogP contribution < -0.4 is 14.2 Å². The molecule has 170 valence electrons. The molecule has 0 aliphatic heterocycles. The second-order valence-corrected chi connectivity index (χ2v) is 9.06. The van der Waals surface area contributed by atoms with E-state index in [1.165, 1.54) is 6.07 Å². The lowest BCUT2D eigenvalue weighted by Crippen LogP contribution is -2.13. The average molecular weight is 466 g/mol. The molecule has 0 spiro atoms. The van der Waals surface area contributed by atoms with Crippen molar-refractivity contribution in [2.75, 3.05) is 11.8 Å². The van der Waals surface area contributed by atoms with Crippen molar-refractivity contribution >= 4 is 15.7 Å². The van der Waals surface area contributed by atoms with Crippen molar-refractivity contribution in [1.29, 1.82) is 0 Å². The zero-order chi connectivity index (χ0) is 23.6. The lowest BCUT2D eigenvalue weighted by molar-refractivity contribution is 0.411. The highest BCUT2D eigenvalue weighted by Gasteiger charge is 2.16. The fourth-order valence-electron chi connectivity index (χ4n) is 3.17. The summed E-state index contributed by atoms with van der Waals surface area (Å²) < 4.78 is 40.7. The SMILES string of the molecule is COc1ccc(S(=O)(=O)Nc2ccc(Oc3ccc(-n4cnc(C)c4C)nn3)cc2)cc1C. The Hall–Kier alpha value is -3.92. The number of aromatic nitrogens is 4. The van der Waals surface area contributed by atoms with E-state index in [9.17, 15) is 8.42 Å². The third kappa shape index (κ3) is 4.80. The molecule has 0 aliphatic rings. The van der Waals surface area contributed by atoms with Crippen molar-refractivity contribution in [2.45, 2.75) is 25.7 Å². The number of anilines is 1. The van der Waals surface area contributed by atoms with Crippen molar-refractivity contribution in [3.63, 3.8) is 0 Å². The lowest BCUT2D eigenvalue weighted by Gasteiger charge is -2.11. The summed E-state index contributed by atoms with van der Waals surface area (Å²) >= 11 is 0. The van der Waals surface area contributed by atoms with Crippen LogP contribution in [0.2, 0.25) is 0 Å². The molecule has 0 unspecified atom stereocenters. The van der Waals surface area contributed by atoms with Crippen LogP contribution in [0, 0.1) is 20.8 Å². The molecule has 0 bridgehead atoms. The maximum atomic E-state index is 12.7. The molecule has 0 saturated carbocycles. The quantitative estimate of drug-likeness (QED) is 0.436. The summed E-state index contributed by atoms with van der Waals surface area (Å²) in [5, 5.41) is 8.29. The highest BCUT2D eigenvalue weighted by atomic mass is 32.2. The third-order valence-corrected chi connectivity index (χ3v) is 6.51. The van der Waals surface area contributed by atoms with Gasteiger partial charge in [0, 0.05) is 17.4 Å². The maximum absolute atomic E-state index is 12.7. The van der Waals surface area contributed by atoms with Crippen molar-refractivity contribution in [3.8, 4) is 23.2 Å². The molecule has 0 amide bonds. The second kappa shape index (κ2) is 8.91. The first-order valence-corrected chi connectivity index (χ1v) is 11.5. The summed E-state index contributed by atoms with van der Waals surface area (Å²) in [4.78, 5) is 4.41. The van der Waals surface area contributed by atoms with Crippen molar-refractivity contribution in [3.05, 3.63) is 77.9 Å². The molecule has 4 rings (SSSR count). The highest BCUT2D eigenvalue weighted by Crippen LogP contribution is 2.25. The van der Waals surface area contributed by atoms with Gasteiger partial charge in [-0.3, -0.25) is 9.29 Å². The molecule has 10 heteroatoms. The van der Waals surface area contributed by atoms with Gasteiger partial charge >= 0.3 is 0 Å². The number of rotatable bonds is 7. The first kappa shape index (κ1) is 22.3. The Labute approximate surface area is 192 Å². The van der Waals surface area contributed by atoms with Crippen LogP contribution in [0.5, 0.6) is 17.4 Å². The van der Waals surface area contributed by atoms with E-state index in [0.29, 0.717) is 28.9 Å². The molecule has 0 saturated heterocycles. The van der Waals surface area contributed by atoms with E-state index in [2.05, 4.69) is 19.9 Å². The van der Waals surface area contributed by atoms with Crippen LogP contribution in [-0.4, -0.2) is 35.3 Å². The number of aryl methyl sites for hydroxylation is 2. The number of hydrogen-bond acceptors (Lipinski definition) is 7. The Morgan fingerprint density at radius 2 is 1.70 bits per heavy atom. The standard InChI is InChI=1S/C23H23N5O4S/c1-15-13-20(9-10-21(15)31-4)33(29,30)27-18-5-7-19(8-6-18)32-23-12-11-22(25-26-23)28-14-24-16(2)17(28)3/h5-14,27H,1-4H3. The van der Waals surface area contributed by atoms with Crippen molar-refractivity contribution < 1.29 is 17.9 Å². The summed E-state index contributed by atoms with van der Waals surface area (Å²) in [7, 11) is -2.20. The van der Waals surface area contributed by atoms with Gasteiger partial charge in [0.05, 0.1) is 17.7 Å². The molecule has 0 aliphatic carbocycles. The van der Waals surface area contributed by atoms with Gasteiger partial charge in [0.25, 0.3) is 10.0 Å². The minimum Gasteiger partial charge on any atom is -0.496 e. The van der Waals surface area contributed by atoms with Gasteiger partial charge in [-0.15, -0.1) is 10.2 Å². The molecule has 0 fully saturated rings. The number of sulfonamides is 1. The Morgan fingerprint density at radius 1 is 0.939 bits per heavy atom. The van der Waals surface area contributed by atoms with Gasteiger partial charge < -0.3 is 9.47 Å². The molecule has 2 aromatic heterocycles. The normalized spacial score (nSPS) is 11.3. The Balaban J connectivity index is 1.44. The topological polar surface area (TPSA) is 108 Å². The molecule has 0 atom stereocenters. The number of imidazole rings is 1. The Morgan fingerprint density at radius 3 is 2.27 bits per heavy atom. The second-order valence-electron chi connectivity index (χ2n) is 7.38. The van der Waals surface area contributed by atoms with E-state index in [4.69, 9.17) is 9.47 Å². The number of hydrogen-bond donors (Lipinski definition) is 1. The molecular weight excluding hydrogens is 442 g/mol. The number of ether oxygens (including phenoxy) is 2. The average Bonchev–Trinajstić information content (AvgIpc) is 3.13. The first-order valence-electron chi connectivity index (χ1n) is 10.1. The molecule has 4 aromatic rings. The fraction of sp³-hybridized carbons (Fsp3) is 0.174. The lowest BCUT2D eigenvalue weighted by atomic mass is 10.2. The summed E-state index contributed by atoms with van der Waals surface area (Å²) in [6, 6.07) is 14.7. The third-order valence-electron chi connectivity index (χ3n) is 5.13. The monoisotopic (exact) mass is 465 g/mol. The summed E-state index contributed by atoms with van der Waals surface area (Å²) in [5.41, 5.74) is 3.05. The van der Waals surface area contributed by atoms with E-state index < -0.39 is 10.0 Å². The molecule has 2 aromatic carbocycles. The van der Waals surface area contributed by atoms with Crippen LogP contribution in [0.25, 0.3) is 5.82 Å². The summed E-state index contributed by atoms with van der Waals surface area (Å²) in [6.45, 7) is 5.68. The number of methoxy groups -OCH3 is 1. The fourth-order valence-corrected chi connectivity index (χ4v) is 4.31. The minimum atomic E-state index is -3.74. The molecule has 1 N–H and O–H groups in total. The molecule has 9 nitrogen and oxygen atoms in total. The highest BCUT2D eigenvalue weighted by molar-refractivity contribution is 7.92. The molecule has 2 heterocycles. The van der Waals surface area contributed by atoms with Crippen LogP contribution in [-0.2, 0) is 10.0 Å². The van der Waals surface area contributed by atoms with Gasteiger partial charge in [0.15, 0.2) is 5.82 Å². The Bertz CT molecular complexity index is 1380. The van der Waals surface area contributed by atoms with E-state index in [1.807, 2.05) is 18.4 Å². The van der Waals surface area contributed by atoms with Gasteiger partial charge in [0.2, 0.25) is 5.88 Å². The van der Waals surface area contributed by atoms with E-state index in [1.54, 1.807) is 68.9 Å².